The van der Waals surface area contributed by atoms with E-state index in [-0.39, 0.29) is 69.0 Å². The van der Waals surface area contributed by atoms with E-state index >= 15 is 19.2 Å². The second-order valence-corrected chi connectivity index (χ2v) is 45.8. The van der Waals surface area contributed by atoms with Crippen LogP contribution in [0.2, 0.25) is 0 Å². The molecule has 696 valence electrons. The molecule has 0 bridgehead atoms. The van der Waals surface area contributed by atoms with Gasteiger partial charge in [-0.25, -0.2) is 9.80 Å². The first-order valence-electron chi connectivity index (χ1n) is 50.0. The van der Waals surface area contributed by atoms with Crippen molar-refractivity contribution < 1.29 is 38.1 Å². The number of rotatable bonds is 16. The third-order valence-corrected chi connectivity index (χ3v) is 31.0. The number of ether oxygens (including phenoxy) is 4. The van der Waals surface area contributed by atoms with Gasteiger partial charge in [0.2, 0.25) is 0 Å². The summed E-state index contributed by atoms with van der Waals surface area (Å²) in [7, 11) is 0. The monoisotopic (exact) mass is 1830 g/mol. The summed E-state index contributed by atoms with van der Waals surface area (Å²) >= 11 is 0. The lowest BCUT2D eigenvalue weighted by atomic mass is 9.75. The van der Waals surface area contributed by atoms with Crippen molar-refractivity contribution in [3.8, 4) is 46.0 Å². The van der Waals surface area contributed by atoms with E-state index in [4.69, 9.17) is 18.9 Å². The zero-order chi connectivity index (χ0) is 98.1. The average Bonchev–Trinajstić information content (AvgIpc) is 1.22. The molecule has 2 aliphatic heterocycles. The van der Waals surface area contributed by atoms with Crippen LogP contribution in [0, 0.1) is 23.7 Å². The van der Waals surface area contributed by atoms with Crippen molar-refractivity contribution in [2.75, 3.05) is 9.80 Å². The molecule has 16 aromatic carbocycles. The number of anilines is 2. The van der Waals surface area contributed by atoms with Gasteiger partial charge in [0.15, 0.2) is 0 Å². The molecule has 10 nitrogen and oxygen atoms in total. The number of fused-ring (bicyclic) bond motifs is 12. The Morgan fingerprint density at radius 1 is 0.264 bits per heavy atom. The molecule has 5 aliphatic carbocycles. The molecule has 23 rings (SSSR count). The van der Waals surface area contributed by atoms with Crippen LogP contribution >= 0.6 is 0 Å². The van der Waals surface area contributed by atoms with Gasteiger partial charge in [-0.15, -0.1) is 0 Å². The first-order chi connectivity index (χ1) is 66.6. The molecule has 0 saturated carbocycles. The van der Waals surface area contributed by atoms with Crippen molar-refractivity contribution >= 4 is 155 Å². The summed E-state index contributed by atoms with van der Waals surface area (Å²) in [6, 6.07) is 67.5. The topological polar surface area (TPSA) is 112 Å². The highest BCUT2D eigenvalue weighted by atomic mass is 16.5. The van der Waals surface area contributed by atoms with Gasteiger partial charge in [0.1, 0.15) is 46.0 Å². The lowest BCUT2D eigenvalue weighted by Crippen LogP contribution is -2.42. The van der Waals surface area contributed by atoms with Crippen LogP contribution in [0.4, 0.5) is 11.4 Å². The average molecular weight is 1840 g/mol. The van der Waals surface area contributed by atoms with Crippen LogP contribution in [0.1, 0.15) is 295 Å². The Bertz CT molecular complexity index is 7510. The summed E-state index contributed by atoms with van der Waals surface area (Å²) < 4.78 is 29.7. The quantitative estimate of drug-likeness (QED) is 0.0407. The van der Waals surface area contributed by atoms with Gasteiger partial charge in [-0.3, -0.25) is 19.2 Å². The minimum absolute atomic E-state index is 0.00169. The second kappa shape index (κ2) is 31.5. The molecule has 0 spiro atoms. The largest absolute Gasteiger partial charge is 0.457 e. The molecule has 0 fully saturated rings. The second-order valence-electron chi connectivity index (χ2n) is 45.8. The molecule has 4 atom stereocenters. The van der Waals surface area contributed by atoms with Crippen molar-refractivity contribution in [3.63, 3.8) is 0 Å². The van der Waals surface area contributed by atoms with Crippen LogP contribution in [-0.2, 0) is 21.7 Å². The molecular formula is C130H118N2O8. The molecule has 10 heteroatoms. The van der Waals surface area contributed by atoms with Crippen LogP contribution in [0.15, 0.2) is 256 Å². The normalized spacial score (nSPS) is 17.7. The van der Waals surface area contributed by atoms with Crippen LogP contribution in [0.5, 0.6) is 46.0 Å². The SMILES string of the molecule is C=C(C)c1cc(C(C)C)c(N2C(=O)c3cc(Oc4ccc(C(C)(C)C)cc4)c4c5ccc6c7c(ccc(c8c(Oc9ccc(C(C)(C)C)cc9)cc(c3c48)C2=O)c75)C2=C[C@@H]3/C=C\[C@@H]4C=C5C(=CC4/C=C\C3C=C26)c2ccc3c4c(Oc6ccc(C(C)(C)C)cc6)cc6c7c(cc(Oc8ccc(C(C)(C)C)cc8)c(c8ccc5c2c38)c74)C(=O)N(c2c(C(C)C)cc(C(=C)C)cc2C(C)C)C6=O)c(C(C)C)c1. The highest BCUT2D eigenvalue weighted by Crippen LogP contribution is 2.63. The lowest BCUT2D eigenvalue weighted by Gasteiger charge is -2.34. The van der Waals surface area contributed by atoms with Gasteiger partial charge in [0.25, 0.3) is 23.6 Å². The Balaban J connectivity index is 0.682. The Morgan fingerprint density at radius 3 is 0.664 bits per heavy atom. The maximum atomic E-state index is 16.5. The zero-order valence-electron chi connectivity index (χ0n) is 84.3. The van der Waals surface area contributed by atoms with Gasteiger partial charge in [-0.2, -0.15) is 0 Å². The number of carbonyl (C=O) groups is 4. The minimum atomic E-state index is -0.420. The first kappa shape index (κ1) is 89.4. The van der Waals surface area contributed by atoms with E-state index < -0.39 is 23.6 Å². The summed E-state index contributed by atoms with van der Waals surface area (Å²) in [6.07, 6.45) is 19.8. The Labute approximate surface area is 820 Å². The molecule has 4 amide bonds. The number of hydrogen-bond acceptors (Lipinski definition) is 8. The van der Waals surface area contributed by atoms with Crippen molar-refractivity contribution in [1.29, 1.82) is 0 Å². The van der Waals surface area contributed by atoms with Gasteiger partial charge in [0, 0.05) is 66.8 Å². The van der Waals surface area contributed by atoms with E-state index in [2.05, 4.69) is 322 Å². The molecule has 140 heavy (non-hydrogen) atoms. The number of carbonyl (C=O) groups excluding carboxylic acids is 4. The molecule has 2 unspecified atom stereocenters. The van der Waals surface area contributed by atoms with E-state index in [1.165, 1.54) is 32.1 Å². The third kappa shape index (κ3) is 13.7. The van der Waals surface area contributed by atoms with E-state index in [9.17, 15) is 0 Å². The fraction of sp³-hybridized carbons (Fsp3) is 0.262. The van der Waals surface area contributed by atoms with Crippen molar-refractivity contribution in [3.05, 3.63) is 356 Å². The molecular weight excluding hydrogens is 1720 g/mol. The summed E-state index contributed by atoms with van der Waals surface area (Å²) in [4.78, 5) is 68.8. The fourth-order valence-corrected chi connectivity index (χ4v) is 23.5. The van der Waals surface area contributed by atoms with Crippen LogP contribution < -0.4 is 28.7 Å². The van der Waals surface area contributed by atoms with E-state index in [1.807, 2.05) is 86.6 Å². The number of hydrogen-bond donors (Lipinski definition) is 0. The van der Waals surface area contributed by atoms with Gasteiger partial charge in [-0.05, 0) is 300 Å². The minimum Gasteiger partial charge on any atom is -0.457 e. The molecule has 2 heterocycles. The highest BCUT2D eigenvalue weighted by molar-refractivity contribution is 6.48. The van der Waals surface area contributed by atoms with E-state index in [0.717, 1.165) is 164 Å². The standard InChI is InChI=1S/C130H118N2O8/c1-65(2)75-57-93(67(5)6)121(94(58-75)68(7)8)131-123(133)101-61-105(137-81-37-29-77(30-38-81)127(13,14)15)115-89-49-45-85-97-53-71-25-27-73-55-99-87-47-51-91-112-92(52-48-88(110(87)112)100(99)56-74(73)28-26-72(71)54-98(97)86-46-50-90(111(89)109(85)86)116-106(62-102(124(131)134)113(101)119(115)116)138-82-39-31-78(32-40-82)128(16,17)18)118-108(140-84-43-35-80(36-44-84)130(22,23)24)64-104-114-103(63-107(117(91)120(114)118)139-83-41-33-79(34-42-83)129(19,20)21)125(135)132(126(104)136)122-95(69(9)10)59-76(66(3)4)60-96(122)70(11)12/h25-64,67-74H,1,3H2,2,4-24H3/b27-25-,28-26-/t71-,72?,73+,74?. The smallest absolute Gasteiger partial charge is 0.266 e. The van der Waals surface area contributed by atoms with E-state index in [0.29, 0.717) is 90.4 Å². The maximum Gasteiger partial charge on any atom is 0.266 e. The van der Waals surface area contributed by atoms with Crippen LogP contribution in [0.3, 0.4) is 0 Å². The third-order valence-electron chi connectivity index (χ3n) is 31.0. The van der Waals surface area contributed by atoms with Gasteiger partial charge in [-0.1, -0.05) is 308 Å². The zero-order valence-corrected chi connectivity index (χ0v) is 84.3. The molecule has 0 aromatic heterocycles. The summed E-state index contributed by atoms with van der Waals surface area (Å²) in [5.41, 5.74) is 23.3. The first-order valence-corrected chi connectivity index (χ1v) is 50.0. The fourth-order valence-electron chi connectivity index (χ4n) is 23.5. The highest BCUT2D eigenvalue weighted by Gasteiger charge is 2.46. The van der Waals surface area contributed by atoms with Gasteiger partial charge < -0.3 is 18.9 Å². The summed E-state index contributed by atoms with van der Waals surface area (Å²) in [5, 5.41) is 13.8. The number of amides is 4. The number of imide groups is 2. The molecule has 7 aliphatic rings. The number of benzene rings is 16. The van der Waals surface area contributed by atoms with E-state index in [1.54, 1.807) is 0 Å². The molecule has 0 saturated heterocycles. The predicted octanol–water partition coefficient (Wildman–Crippen LogP) is 35.2. The van der Waals surface area contributed by atoms with Gasteiger partial charge in [0.05, 0.1) is 33.6 Å². The Morgan fingerprint density at radius 2 is 0.471 bits per heavy atom. The maximum absolute atomic E-state index is 16.5. The van der Waals surface area contributed by atoms with Crippen molar-refractivity contribution in [2.45, 2.75) is 198 Å². The predicted molar refractivity (Wildman–Crippen MR) is 581 cm³/mol. The molecule has 0 N–H and O–H groups in total. The molecule has 16 aromatic rings. The number of allylic oxidation sites excluding steroid dienone is 14. The Kier molecular flexibility index (Phi) is 20.1. The lowest BCUT2D eigenvalue weighted by molar-refractivity contribution is 0.0877. The summed E-state index contributed by atoms with van der Waals surface area (Å²) in [6.45, 7) is 56.2. The van der Waals surface area contributed by atoms with Crippen LogP contribution in [-0.4, -0.2) is 23.6 Å². The van der Waals surface area contributed by atoms with Crippen LogP contribution in [0.25, 0.3) is 120 Å². The molecule has 0 radical (unpaired) electrons. The summed E-state index contributed by atoms with van der Waals surface area (Å²) in [5.74, 6) is 2.47. The van der Waals surface area contributed by atoms with Crippen molar-refractivity contribution in [1.82, 2.24) is 0 Å². The van der Waals surface area contributed by atoms with Gasteiger partial charge >= 0.3 is 0 Å². The Hall–Kier alpha value is -14.5. The van der Waals surface area contributed by atoms with Crippen molar-refractivity contribution in [2.24, 2.45) is 23.7 Å². The number of nitrogens with zero attached hydrogens (tertiary/aromatic N) is 2.